The van der Waals surface area contributed by atoms with Crippen molar-refractivity contribution in [1.82, 2.24) is 0 Å². The first-order chi connectivity index (χ1) is 14.4. The minimum absolute atomic E-state index is 0.0640. The molecule has 0 saturated carbocycles. The number of ether oxygens (including phenoxy) is 1. The van der Waals surface area contributed by atoms with Crippen molar-refractivity contribution < 1.29 is 17.9 Å². The molecule has 3 aromatic rings. The molecule has 0 atom stereocenters. The van der Waals surface area contributed by atoms with Crippen LogP contribution in [0.15, 0.2) is 77.7 Å². The lowest BCUT2D eigenvalue weighted by Crippen LogP contribution is -2.30. The van der Waals surface area contributed by atoms with Crippen LogP contribution in [0.1, 0.15) is 22.8 Å². The van der Waals surface area contributed by atoms with Crippen LogP contribution in [0.2, 0.25) is 0 Å². The second kappa shape index (κ2) is 9.00. The fourth-order valence-electron chi connectivity index (χ4n) is 3.18. The number of amides is 1. The van der Waals surface area contributed by atoms with Crippen LogP contribution in [-0.4, -0.2) is 28.0 Å². The highest BCUT2D eigenvalue weighted by atomic mass is 32.2. The standard InChI is InChI=1S/C23H24N2O4S/c1-4-25(18-11-6-5-7-12-18)30(27,28)19-14-15-22(29-3)21(16-19)24-23(26)20-13-9-8-10-17(20)2/h5-16H,4H2,1-3H3,(H,24,26). The van der Waals surface area contributed by atoms with Gasteiger partial charge >= 0.3 is 0 Å². The van der Waals surface area contributed by atoms with Crippen LogP contribution in [-0.2, 0) is 10.0 Å². The summed E-state index contributed by atoms with van der Waals surface area (Å²) in [5.41, 5.74) is 2.18. The Bertz CT molecular complexity index is 1140. The second-order valence-corrected chi connectivity index (χ2v) is 8.50. The fraction of sp³-hybridized carbons (Fsp3) is 0.174. The summed E-state index contributed by atoms with van der Waals surface area (Å²) >= 11 is 0. The van der Waals surface area contributed by atoms with E-state index in [2.05, 4.69) is 5.32 Å². The molecule has 0 radical (unpaired) electrons. The number of aryl methyl sites for hydroxylation is 1. The predicted octanol–water partition coefficient (Wildman–Crippen LogP) is 4.47. The lowest BCUT2D eigenvalue weighted by atomic mass is 10.1. The van der Waals surface area contributed by atoms with Crippen molar-refractivity contribution in [3.8, 4) is 5.75 Å². The summed E-state index contributed by atoms with van der Waals surface area (Å²) in [6.45, 7) is 3.88. The maximum absolute atomic E-state index is 13.3. The van der Waals surface area contributed by atoms with E-state index in [9.17, 15) is 13.2 Å². The van der Waals surface area contributed by atoms with Crippen molar-refractivity contribution in [1.29, 1.82) is 0 Å². The highest BCUT2D eigenvalue weighted by molar-refractivity contribution is 7.92. The van der Waals surface area contributed by atoms with Crippen molar-refractivity contribution in [2.45, 2.75) is 18.7 Å². The molecule has 0 aliphatic heterocycles. The zero-order valence-electron chi connectivity index (χ0n) is 17.1. The van der Waals surface area contributed by atoms with Gasteiger partial charge in [0.25, 0.3) is 15.9 Å². The zero-order chi connectivity index (χ0) is 21.7. The molecule has 0 bridgehead atoms. The van der Waals surface area contributed by atoms with E-state index in [0.29, 0.717) is 17.0 Å². The van der Waals surface area contributed by atoms with Crippen molar-refractivity contribution in [2.75, 3.05) is 23.3 Å². The van der Waals surface area contributed by atoms with Crippen molar-refractivity contribution in [3.05, 3.63) is 83.9 Å². The Morgan fingerprint density at radius 2 is 1.67 bits per heavy atom. The van der Waals surface area contributed by atoms with Crippen LogP contribution in [0, 0.1) is 6.92 Å². The lowest BCUT2D eigenvalue weighted by molar-refractivity contribution is 0.102. The number of rotatable bonds is 7. The molecule has 30 heavy (non-hydrogen) atoms. The Morgan fingerprint density at radius 3 is 2.30 bits per heavy atom. The number of para-hydroxylation sites is 1. The van der Waals surface area contributed by atoms with Gasteiger partial charge in [-0.2, -0.15) is 0 Å². The fourth-order valence-corrected chi connectivity index (χ4v) is 4.68. The van der Waals surface area contributed by atoms with Crippen molar-refractivity contribution in [3.63, 3.8) is 0 Å². The van der Waals surface area contributed by atoms with Gasteiger partial charge in [-0.25, -0.2) is 8.42 Å². The number of methoxy groups -OCH3 is 1. The maximum Gasteiger partial charge on any atom is 0.264 e. The topological polar surface area (TPSA) is 75.7 Å². The predicted molar refractivity (Wildman–Crippen MR) is 119 cm³/mol. The van der Waals surface area contributed by atoms with Gasteiger partial charge in [0, 0.05) is 12.1 Å². The van der Waals surface area contributed by atoms with Crippen molar-refractivity contribution >= 4 is 27.3 Å². The number of nitrogens with zero attached hydrogens (tertiary/aromatic N) is 1. The Kier molecular flexibility index (Phi) is 6.42. The van der Waals surface area contributed by atoms with Crippen LogP contribution >= 0.6 is 0 Å². The average Bonchev–Trinajstić information content (AvgIpc) is 2.75. The summed E-state index contributed by atoms with van der Waals surface area (Å²) in [5, 5.41) is 2.78. The van der Waals surface area contributed by atoms with Crippen LogP contribution in [0.5, 0.6) is 5.75 Å². The van der Waals surface area contributed by atoms with E-state index in [-0.39, 0.29) is 23.0 Å². The molecule has 0 aliphatic rings. The quantitative estimate of drug-likeness (QED) is 0.607. The van der Waals surface area contributed by atoms with Gasteiger partial charge in [0.15, 0.2) is 0 Å². The Morgan fingerprint density at radius 1 is 1.00 bits per heavy atom. The smallest absolute Gasteiger partial charge is 0.264 e. The summed E-state index contributed by atoms with van der Waals surface area (Å²) in [5.74, 6) is 0.0370. The summed E-state index contributed by atoms with van der Waals surface area (Å²) < 4.78 is 33.2. The molecular weight excluding hydrogens is 400 g/mol. The number of sulfonamides is 1. The number of hydrogen-bond donors (Lipinski definition) is 1. The molecule has 0 fully saturated rings. The molecule has 7 heteroatoms. The monoisotopic (exact) mass is 424 g/mol. The van der Waals surface area contributed by atoms with Gasteiger partial charge in [0.05, 0.1) is 23.4 Å². The summed E-state index contributed by atoms with van der Waals surface area (Å²) in [6, 6.07) is 20.5. The Hall–Kier alpha value is -3.32. The molecule has 0 saturated heterocycles. The van der Waals surface area contributed by atoms with E-state index >= 15 is 0 Å². The number of carbonyl (C=O) groups excluding carboxylic acids is 1. The third-order valence-corrected chi connectivity index (χ3v) is 6.63. The largest absolute Gasteiger partial charge is 0.495 e. The first kappa shape index (κ1) is 21.4. The molecule has 0 unspecified atom stereocenters. The highest BCUT2D eigenvalue weighted by Crippen LogP contribution is 2.31. The second-order valence-electron chi connectivity index (χ2n) is 6.64. The van der Waals surface area contributed by atoms with Crippen LogP contribution in [0.3, 0.4) is 0 Å². The summed E-state index contributed by atoms with van der Waals surface area (Å²) in [7, 11) is -2.37. The lowest BCUT2D eigenvalue weighted by Gasteiger charge is -2.23. The summed E-state index contributed by atoms with van der Waals surface area (Å²) in [6.07, 6.45) is 0. The molecule has 0 heterocycles. The third kappa shape index (κ3) is 4.31. The van der Waals surface area contributed by atoms with Gasteiger partial charge in [-0.05, 0) is 55.8 Å². The molecular formula is C23H24N2O4S. The molecule has 1 N–H and O–H groups in total. The van der Waals surface area contributed by atoms with Gasteiger partial charge in [0.2, 0.25) is 0 Å². The van der Waals surface area contributed by atoms with E-state index in [4.69, 9.17) is 4.74 Å². The number of benzene rings is 3. The van der Waals surface area contributed by atoms with E-state index < -0.39 is 10.0 Å². The van der Waals surface area contributed by atoms with Gasteiger partial charge in [-0.1, -0.05) is 36.4 Å². The SMILES string of the molecule is CCN(c1ccccc1)S(=O)(=O)c1ccc(OC)c(NC(=O)c2ccccc2C)c1. The molecule has 0 aromatic heterocycles. The maximum atomic E-state index is 13.3. The molecule has 1 amide bonds. The van der Waals surface area contributed by atoms with Crippen LogP contribution in [0.25, 0.3) is 0 Å². The summed E-state index contributed by atoms with van der Waals surface area (Å²) in [4.78, 5) is 12.8. The molecule has 6 nitrogen and oxygen atoms in total. The minimum Gasteiger partial charge on any atom is -0.495 e. The Labute approximate surface area is 177 Å². The Balaban J connectivity index is 1.99. The molecule has 0 aliphatic carbocycles. The molecule has 3 rings (SSSR count). The average molecular weight is 425 g/mol. The van der Waals surface area contributed by atoms with E-state index in [0.717, 1.165) is 5.56 Å². The van der Waals surface area contributed by atoms with Crippen LogP contribution in [0.4, 0.5) is 11.4 Å². The van der Waals surface area contributed by atoms with Gasteiger partial charge < -0.3 is 10.1 Å². The minimum atomic E-state index is -3.83. The normalized spacial score (nSPS) is 11.0. The first-order valence-corrected chi connectivity index (χ1v) is 10.9. The third-order valence-electron chi connectivity index (χ3n) is 4.73. The highest BCUT2D eigenvalue weighted by Gasteiger charge is 2.25. The van der Waals surface area contributed by atoms with Gasteiger partial charge in [-0.15, -0.1) is 0 Å². The molecule has 156 valence electrons. The zero-order valence-corrected chi connectivity index (χ0v) is 17.9. The number of carbonyl (C=O) groups is 1. The first-order valence-electron chi connectivity index (χ1n) is 9.51. The van der Waals surface area contributed by atoms with E-state index in [1.165, 1.54) is 23.5 Å². The molecule has 0 spiro atoms. The number of nitrogens with one attached hydrogen (secondary N) is 1. The van der Waals surface area contributed by atoms with Crippen molar-refractivity contribution in [2.24, 2.45) is 0 Å². The van der Waals surface area contributed by atoms with Crippen LogP contribution < -0.4 is 14.4 Å². The molecule has 3 aromatic carbocycles. The number of anilines is 2. The van der Waals surface area contributed by atoms with E-state index in [1.54, 1.807) is 49.4 Å². The number of hydrogen-bond acceptors (Lipinski definition) is 4. The van der Waals surface area contributed by atoms with Gasteiger partial charge in [-0.3, -0.25) is 9.10 Å². The van der Waals surface area contributed by atoms with E-state index in [1.807, 2.05) is 25.1 Å². The van der Waals surface area contributed by atoms with Gasteiger partial charge in [0.1, 0.15) is 5.75 Å².